The van der Waals surface area contributed by atoms with Gasteiger partial charge in [-0.25, -0.2) is 5.43 Å². The van der Waals surface area contributed by atoms with Crippen LogP contribution in [0.5, 0.6) is 23.0 Å². The highest BCUT2D eigenvalue weighted by molar-refractivity contribution is 5.97. The molecular weight excluding hydrogens is 390 g/mol. The van der Waals surface area contributed by atoms with E-state index in [1.54, 1.807) is 38.5 Å². The quantitative estimate of drug-likeness (QED) is 0.308. The van der Waals surface area contributed by atoms with Gasteiger partial charge in [0.25, 0.3) is 0 Å². The molecule has 9 nitrogen and oxygen atoms in total. The molecule has 2 rings (SSSR count). The molecule has 2 aromatic rings. The highest BCUT2D eigenvalue weighted by atomic mass is 16.5. The molecule has 9 heteroatoms. The molecule has 0 spiro atoms. The summed E-state index contributed by atoms with van der Waals surface area (Å²) in [5.41, 5.74) is 3.58. The van der Waals surface area contributed by atoms with Crippen LogP contribution < -0.4 is 25.0 Å². The SMILES string of the molecule is COc1ccc(CCNC(=O)CC(=O)N/N=C\c2cccc(OC)c2O)cc1OC. The maximum atomic E-state index is 11.9. The lowest BCUT2D eigenvalue weighted by Crippen LogP contribution is -2.31. The van der Waals surface area contributed by atoms with Crippen LogP contribution in [-0.2, 0) is 16.0 Å². The molecule has 2 amide bonds. The fraction of sp³-hybridized carbons (Fsp3) is 0.286. The van der Waals surface area contributed by atoms with Crippen molar-refractivity contribution >= 4 is 18.0 Å². The summed E-state index contributed by atoms with van der Waals surface area (Å²) in [5, 5.41) is 16.4. The minimum absolute atomic E-state index is 0.0918. The molecule has 0 bridgehead atoms. The average molecular weight is 415 g/mol. The Morgan fingerprint density at radius 2 is 1.73 bits per heavy atom. The van der Waals surface area contributed by atoms with Gasteiger partial charge in [0.1, 0.15) is 6.42 Å². The third-order valence-electron chi connectivity index (χ3n) is 4.15. The zero-order valence-corrected chi connectivity index (χ0v) is 17.1. The average Bonchev–Trinajstić information content (AvgIpc) is 2.74. The van der Waals surface area contributed by atoms with Crippen molar-refractivity contribution in [1.82, 2.24) is 10.7 Å². The lowest BCUT2D eigenvalue weighted by Gasteiger charge is -2.10. The fourth-order valence-corrected chi connectivity index (χ4v) is 2.61. The number of amides is 2. The van der Waals surface area contributed by atoms with Crippen LogP contribution in [0.1, 0.15) is 17.5 Å². The number of phenolic OH excluding ortho intramolecular Hbond substituents is 1. The van der Waals surface area contributed by atoms with Crippen LogP contribution in [0.2, 0.25) is 0 Å². The minimum Gasteiger partial charge on any atom is -0.504 e. The first-order valence-corrected chi connectivity index (χ1v) is 9.14. The van der Waals surface area contributed by atoms with Crippen molar-refractivity contribution < 1.29 is 28.9 Å². The van der Waals surface area contributed by atoms with Crippen molar-refractivity contribution in [3.63, 3.8) is 0 Å². The van der Waals surface area contributed by atoms with Gasteiger partial charge in [0.2, 0.25) is 11.8 Å². The molecule has 0 aliphatic heterocycles. The van der Waals surface area contributed by atoms with Gasteiger partial charge in [0, 0.05) is 12.1 Å². The van der Waals surface area contributed by atoms with Gasteiger partial charge in [-0.15, -0.1) is 0 Å². The Morgan fingerprint density at radius 1 is 1.00 bits per heavy atom. The number of ether oxygens (including phenoxy) is 3. The van der Waals surface area contributed by atoms with E-state index in [4.69, 9.17) is 14.2 Å². The Labute approximate surface area is 174 Å². The van der Waals surface area contributed by atoms with E-state index in [0.29, 0.717) is 35.8 Å². The molecule has 0 aromatic heterocycles. The Kier molecular flexibility index (Phi) is 8.49. The Hall–Kier alpha value is -3.75. The number of methoxy groups -OCH3 is 3. The van der Waals surface area contributed by atoms with Crippen LogP contribution in [0.3, 0.4) is 0 Å². The summed E-state index contributed by atoms with van der Waals surface area (Å²) in [5.74, 6) is 0.445. The van der Waals surface area contributed by atoms with E-state index in [1.807, 2.05) is 12.1 Å². The van der Waals surface area contributed by atoms with Crippen LogP contribution in [0.4, 0.5) is 0 Å². The number of nitrogens with zero attached hydrogens (tertiary/aromatic N) is 1. The van der Waals surface area contributed by atoms with Gasteiger partial charge < -0.3 is 24.6 Å². The van der Waals surface area contributed by atoms with Gasteiger partial charge in [0.05, 0.1) is 27.5 Å². The van der Waals surface area contributed by atoms with E-state index >= 15 is 0 Å². The zero-order chi connectivity index (χ0) is 21.9. The highest BCUT2D eigenvalue weighted by Crippen LogP contribution is 2.28. The van der Waals surface area contributed by atoms with E-state index < -0.39 is 11.8 Å². The first-order chi connectivity index (χ1) is 14.5. The molecule has 0 aliphatic rings. The van der Waals surface area contributed by atoms with E-state index in [9.17, 15) is 14.7 Å². The molecule has 0 aliphatic carbocycles. The number of para-hydroxylation sites is 1. The van der Waals surface area contributed by atoms with Crippen molar-refractivity contribution in [2.45, 2.75) is 12.8 Å². The van der Waals surface area contributed by atoms with E-state index in [1.165, 1.54) is 13.3 Å². The molecule has 160 valence electrons. The summed E-state index contributed by atoms with van der Waals surface area (Å²) in [7, 11) is 4.55. The fourth-order valence-electron chi connectivity index (χ4n) is 2.61. The van der Waals surface area contributed by atoms with Crippen LogP contribution in [0.15, 0.2) is 41.5 Å². The number of hydrogen-bond acceptors (Lipinski definition) is 7. The maximum Gasteiger partial charge on any atom is 0.249 e. The normalized spacial score (nSPS) is 10.5. The summed E-state index contributed by atoms with van der Waals surface area (Å²) in [6, 6.07) is 10.4. The van der Waals surface area contributed by atoms with E-state index in [-0.39, 0.29) is 12.2 Å². The number of phenols is 1. The largest absolute Gasteiger partial charge is 0.504 e. The predicted octanol–water partition coefficient (Wildman–Crippen LogP) is 1.62. The van der Waals surface area contributed by atoms with Crippen LogP contribution in [0, 0.1) is 0 Å². The lowest BCUT2D eigenvalue weighted by atomic mass is 10.1. The standard InChI is InChI=1S/C21H25N3O6/c1-28-16-8-7-14(11-18(16)30-3)9-10-22-19(25)12-20(26)24-23-13-15-5-4-6-17(29-2)21(15)27/h4-8,11,13,27H,9-10,12H2,1-3H3,(H,22,25)(H,24,26)/b23-13-. The predicted molar refractivity (Wildman–Crippen MR) is 111 cm³/mol. The van der Waals surface area contributed by atoms with Crippen molar-refractivity contribution in [1.29, 1.82) is 0 Å². The summed E-state index contributed by atoms with van der Waals surface area (Å²) in [6.07, 6.45) is 1.47. The second kappa shape index (κ2) is 11.3. The number of nitrogens with one attached hydrogen (secondary N) is 2. The molecule has 0 heterocycles. The van der Waals surface area contributed by atoms with Gasteiger partial charge in [-0.3, -0.25) is 9.59 Å². The number of hydrazone groups is 1. The second-order valence-corrected chi connectivity index (χ2v) is 6.16. The van der Waals surface area contributed by atoms with Gasteiger partial charge in [-0.1, -0.05) is 12.1 Å². The Balaban J connectivity index is 1.76. The third kappa shape index (κ3) is 6.40. The van der Waals surface area contributed by atoms with Crippen LogP contribution in [0.25, 0.3) is 0 Å². The first-order valence-electron chi connectivity index (χ1n) is 9.14. The number of aromatic hydroxyl groups is 1. The third-order valence-corrected chi connectivity index (χ3v) is 4.15. The topological polar surface area (TPSA) is 118 Å². The first kappa shape index (κ1) is 22.5. The maximum absolute atomic E-state index is 11.9. The summed E-state index contributed by atoms with van der Waals surface area (Å²) in [6.45, 7) is 0.364. The van der Waals surface area contributed by atoms with Gasteiger partial charge in [0.15, 0.2) is 23.0 Å². The molecule has 0 saturated heterocycles. The number of hydrogen-bond donors (Lipinski definition) is 3. The van der Waals surface area contributed by atoms with Gasteiger partial charge >= 0.3 is 0 Å². The van der Waals surface area contributed by atoms with E-state index in [2.05, 4.69) is 15.8 Å². The molecule has 3 N–H and O–H groups in total. The number of carbonyl (C=O) groups excluding carboxylic acids is 2. The van der Waals surface area contributed by atoms with Crippen molar-refractivity contribution in [3.05, 3.63) is 47.5 Å². The molecule has 30 heavy (non-hydrogen) atoms. The van der Waals surface area contributed by atoms with Crippen molar-refractivity contribution in [3.8, 4) is 23.0 Å². The second-order valence-electron chi connectivity index (χ2n) is 6.16. The summed E-state index contributed by atoms with van der Waals surface area (Å²) >= 11 is 0. The minimum atomic E-state index is -0.572. The molecule has 0 fully saturated rings. The molecular formula is C21H25N3O6. The molecule has 0 saturated carbocycles. The Morgan fingerprint density at radius 3 is 2.43 bits per heavy atom. The molecule has 0 unspecified atom stereocenters. The number of benzene rings is 2. The van der Waals surface area contributed by atoms with Crippen LogP contribution in [-0.4, -0.2) is 51.0 Å². The van der Waals surface area contributed by atoms with E-state index in [0.717, 1.165) is 5.56 Å². The summed E-state index contributed by atoms with van der Waals surface area (Å²) < 4.78 is 15.4. The number of rotatable bonds is 10. The van der Waals surface area contributed by atoms with Crippen molar-refractivity contribution in [2.24, 2.45) is 5.10 Å². The van der Waals surface area contributed by atoms with Crippen LogP contribution >= 0.6 is 0 Å². The highest BCUT2D eigenvalue weighted by Gasteiger charge is 2.10. The smallest absolute Gasteiger partial charge is 0.249 e. The molecule has 0 atom stereocenters. The zero-order valence-electron chi connectivity index (χ0n) is 17.1. The Bertz CT molecular complexity index is 914. The summed E-state index contributed by atoms with van der Waals surface area (Å²) in [4.78, 5) is 23.7. The lowest BCUT2D eigenvalue weighted by molar-refractivity contribution is -0.129. The monoisotopic (exact) mass is 415 g/mol. The van der Waals surface area contributed by atoms with Gasteiger partial charge in [-0.05, 0) is 36.2 Å². The molecule has 0 radical (unpaired) electrons. The number of carbonyl (C=O) groups is 2. The van der Waals surface area contributed by atoms with Gasteiger partial charge in [-0.2, -0.15) is 5.10 Å². The molecule has 2 aromatic carbocycles. The van der Waals surface area contributed by atoms with Crippen molar-refractivity contribution in [2.75, 3.05) is 27.9 Å².